The molecule has 0 aromatic heterocycles. The summed E-state index contributed by atoms with van der Waals surface area (Å²) in [6.07, 6.45) is 3.99. The molecule has 1 aliphatic carbocycles. The molecule has 1 saturated heterocycles. The van der Waals surface area contributed by atoms with E-state index in [0.717, 1.165) is 35.3 Å². The third kappa shape index (κ3) is 4.62. The van der Waals surface area contributed by atoms with Crippen LogP contribution < -0.4 is 10.0 Å². The minimum atomic E-state index is -3.82. The first-order chi connectivity index (χ1) is 16.5. The van der Waals surface area contributed by atoms with Crippen LogP contribution in [0.3, 0.4) is 0 Å². The van der Waals surface area contributed by atoms with Crippen molar-refractivity contribution in [3.05, 3.63) is 53.6 Å². The van der Waals surface area contributed by atoms with E-state index < -0.39 is 34.0 Å². The van der Waals surface area contributed by atoms with Crippen molar-refractivity contribution in [2.24, 2.45) is 0 Å². The Morgan fingerprint density at radius 3 is 2.17 bits per heavy atom. The number of hydrogen-bond acceptors (Lipinski definition) is 5. The van der Waals surface area contributed by atoms with Crippen LogP contribution in [0.5, 0.6) is 0 Å². The van der Waals surface area contributed by atoms with Crippen LogP contribution in [-0.2, 0) is 19.6 Å². The van der Waals surface area contributed by atoms with E-state index in [1.165, 1.54) is 29.2 Å². The maximum atomic E-state index is 13.1. The van der Waals surface area contributed by atoms with Gasteiger partial charge in [0.2, 0.25) is 5.91 Å². The van der Waals surface area contributed by atoms with Gasteiger partial charge >= 0.3 is 6.03 Å². The maximum Gasteiger partial charge on any atom is 0.327 e. The minimum Gasteiger partial charge on any atom is -0.325 e. The number of aryl methyl sites for hydroxylation is 2. The van der Waals surface area contributed by atoms with Crippen LogP contribution in [0.1, 0.15) is 43.2 Å². The molecule has 10 heteroatoms. The molecule has 1 saturated carbocycles. The standard InChI is InChI=1S/C25H30N4O5S/c1-17-8-7-9-18(2)22(17)27-35(33,34)20-12-10-19(11-13-20)26-21(30)16-29-23(31)25(28(3)24(29)32)14-5-4-6-15-25/h7-13,27H,4-6,14-16H2,1-3H3,(H,26,30). The quantitative estimate of drug-likeness (QED) is 0.590. The summed E-state index contributed by atoms with van der Waals surface area (Å²) in [7, 11) is -2.20. The van der Waals surface area contributed by atoms with Gasteiger partial charge in [-0.25, -0.2) is 13.2 Å². The van der Waals surface area contributed by atoms with Crippen molar-refractivity contribution in [3.63, 3.8) is 0 Å². The molecule has 2 aromatic carbocycles. The summed E-state index contributed by atoms with van der Waals surface area (Å²) in [6, 6.07) is 10.8. The number of likely N-dealkylation sites (N-methyl/N-ethyl adjacent to an activating group) is 1. The summed E-state index contributed by atoms with van der Waals surface area (Å²) in [6.45, 7) is 3.26. The molecule has 35 heavy (non-hydrogen) atoms. The number of anilines is 2. The van der Waals surface area contributed by atoms with Crippen molar-refractivity contribution in [2.75, 3.05) is 23.6 Å². The van der Waals surface area contributed by atoms with Crippen LogP contribution >= 0.6 is 0 Å². The number of imide groups is 1. The number of benzene rings is 2. The third-order valence-corrected chi connectivity index (χ3v) is 8.32. The van der Waals surface area contributed by atoms with E-state index in [1.54, 1.807) is 7.05 Å². The van der Waals surface area contributed by atoms with Crippen LogP contribution in [0.15, 0.2) is 47.4 Å². The summed E-state index contributed by atoms with van der Waals surface area (Å²) in [5.41, 5.74) is 1.67. The van der Waals surface area contributed by atoms with Gasteiger partial charge in [0, 0.05) is 12.7 Å². The zero-order valence-corrected chi connectivity index (χ0v) is 20.9. The smallest absolute Gasteiger partial charge is 0.325 e. The number of nitrogens with one attached hydrogen (secondary N) is 2. The number of hydrogen-bond donors (Lipinski definition) is 2. The van der Waals surface area contributed by atoms with Gasteiger partial charge in [0.1, 0.15) is 12.1 Å². The van der Waals surface area contributed by atoms with Gasteiger partial charge in [0.25, 0.3) is 15.9 Å². The Labute approximate surface area is 205 Å². The van der Waals surface area contributed by atoms with E-state index in [0.29, 0.717) is 24.2 Å². The van der Waals surface area contributed by atoms with Crippen LogP contribution in [0, 0.1) is 13.8 Å². The zero-order chi connectivity index (χ0) is 25.4. The Hall–Kier alpha value is -3.40. The summed E-state index contributed by atoms with van der Waals surface area (Å²) in [4.78, 5) is 40.9. The highest BCUT2D eigenvalue weighted by atomic mass is 32.2. The Morgan fingerprint density at radius 1 is 0.971 bits per heavy atom. The Morgan fingerprint density at radius 2 is 1.57 bits per heavy atom. The van der Waals surface area contributed by atoms with Crippen molar-refractivity contribution in [2.45, 2.75) is 56.4 Å². The summed E-state index contributed by atoms with van der Waals surface area (Å²) in [5.74, 6) is -0.851. The first-order valence-corrected chi connectivity index (χ1v) is 13.1. The molecule has 2 N–H and O–H groups in total. The van der Waals surface area contributed by atoms with E-state index in [9.17, 15) is 22.8 Å². The lowest BCUT2D eigenvalue weighted by Crippen LogP contribution is -2.49. The topological polar surface area (TPSA) is 116 Å². The fraction of sp³-hybridized carbons (Fsp3) is 0.400. The molecule has 1 heterocycles. The molecule has 2 aromatic rings. The summed E-state index contributed by atoms with van der Waals surface area (Å²) < 4.78 is 28.3. The van der Waals surface area contributed by atoms with Gasteiger partial charge in [-0.2, -0.15) is 0 Å². The minimum absolute atomic E-state index is 0.0453. The first kappa shape index (κ1) is 24.7. The van der Waals surface area contributed by atoms with Crippen molar-refractivity contribution in [3.8, 4) is 0 Å². The number of nitrogens with zero attached hydrogens (tertiary/aromatic N) is 2. The first-order valence-electron chi connectivity index (χ1n) is 11.6. The van der Waals surface area contributed by atoms with E-state index in [1.807, 2.05) is 32.0 Å². The van der Waals surface area contributed by atoms with Crippen molar-refractivity contribution < 1.29 is 22.8 Å². The van der Waals surface area contributed by atoms with E-state index >= 15 is 0 Å². The van der Waals surface area contributed by atoms with Crippen molar-refractivity contribution >= 4 is 39.2 Å². The van der Waals surface area contributed by atoms with Gasteiger partial charge < -0.3 is 10.2 Å². The monoisotopic (exact) mass is 498 g/mol. The van der Waals surface area contributed by atoms with E-state index in [-0.39, 0.29) is 10.8 Å². The van der Waals surface area contributed by atoms with Crippen molar-refractivity contribution in [1.82, 2.24) is 9.80 Å². The number of rotatable bonds is 6. The second-order valence-electron chi connectivity index (χ2n) is 9.27. The number of para-hydroxylation sites is 1. The van der Waals surface area contributed by atoms with E-state index in [2.05, 4.69) is 10.0 Å². The number of carbonyl (C=O) groups excluding carboxylic acids is 3. The Balaban J connectivity index is 1.42. The maximum absolute atomic E-state index is 13.1. The summed E-state index contributed by atoms with van der Waals surface area (Å²) >= 11 is 0. The predicted octanol–water partition coefficient (Wildman–Crippen LogP) is 3.64. The largest absolute Gasteiger partial charge is 0.327 e. The second kappa shape index (κ2) is 9.33. The SMILES string of the molecule is Cc1cccc(C)c1NS(=O)(=O)c1ccc(NC(=O)CN2C(=O)N(C)C3(CCCCC3)C2=O)cc1. The second-order valence-corrected chi connectivity index (χ2v) is 11.0. The number of carbonyl (C=O) groups is 3. The molecule has 4 rings (SSSR count). The lowest BCUT2D eigenvalue weighted by Gasteiger charge is -2.35. The van der Waals surface area contributed by atoms with Gasteiger partial charge in [-0.15, -0.1) is 0 Å². The van der Waals surface area contributed by atoms with Gasteiger partial charge in [0.15, 0.2) is 0 Å². The highest BCUT2D eigenvalue weighted by molar-refractivity contribution is 7.92. The molecule has 1 aliphatic heterocycles. The van der Waals surface area contributed by atoms with Crippen LogP contribution in [0.4, 0.5) is 16.2 Å². The molecule has 9 nitrogen and oxygen atoms in total. The molecule has 0 radical (unpaired) electrons. The molecule has 1 spiro atoms. The molecule has 0 atom stereocenters. The Bertz CT molecular complexity index is 1250. The predicted molar refractivity (Wildman–Crippen MR) is 132 cm³/mol. The average Bonchev–Trinajstić information content (AvgIpc) is 2.99. The van der Waals surface area contributed by atoms with Crippen LogP contribution in [0.2, 0.25) is 0 Å². The lowest BCUT2D eigenvalue weighted by atomic mass is 9.81. The molecule has 0 unspecified atom stereocenters. The molecule has 4 amide bonds. The van der Waals surface area contributed by atoms with Crippen molar-refractivity contribution in [1.29, 1.82) is 0 Å². The molecule has 2 fully saturated rings. The fourth-order valence-electron chi connectivity index (χ4n) is 4.90. The molecule has 0 bridgehead atoms. The zero-order valence-electron chi connectivity index (χ0n) is 20.1. The number of urea groups is 1. The highest BCUT2D eigenvalue weighted by Gasteiger charge is 2.55. The van der Waals surface area contributed by atoms with Gasteiger partial charge in [-0.05, 0) is 62.1 Å². The van der Waals surface area contributed by atoms with E-state index in [4.69, 9.17) is 0 Å². The number of amides is 4. The normalized spacial score (nSPS) is 17.7. The fourth-order valence-corrected chi connectivity index (χ4v) is 6.10. The van der Waals surface area contributed by atoms with Crippen LogP contribution in [-0.4, -0.2) is 55.2 Å². The number of sulfonamides is 1. The molecular weight excluding hydrogens is 468 g/mol. The van der Waals surface area contributed by atoms with Gasteiger partial charge in [-0.1, -0.05) is 37.5 Å². The summed E-state index contributed by atoms with van der Waals surface area (Å²) in [5, 5.41) is 2.64. The van der Waals surface area contributed by atoms with Crippen LogP contribution in [0.25, 0.3) is 0 Å². The molecule has 2 aliphatic rings. The molecule has 186 valence electrons. The Kier molecular flexibility index (Phi) is 6.59. The third-order valence-electron chi connectivity index (χ3n) is 6.95. The van der Waals surface area contributed by atoms with Gasteiger partial charge in [-0.3, -0.25) is 19.2 Å². The molecular formula is C25H30N4O5S. The lowest BCUT2D eigenvalue weighted by molar-refractivity contribution is -0.136. The average molecular weight is 499 g/mol. The highest BCUT2D eigenvalue weighted by Crippen LogP contribution is 2.39. The van der Waals surface area contributed by atoms with Gasteiger partial charge in [0.05, 0.1) is 10.6 Å².